The number of hydrogen-bond donors (Lipinski definition) is 0. The van der Waals surface area contributed by atoms with E-state index in [-0.39, 0.29) is 12.4 Å². The van der Waals surface area contributed by atoms with Crippen molar-refractivity contribution in [3.63, 3.8) is 0 Å². The van der Waals surface area contributed by atoms with Gasteiger partial charge in [0.15, 0.2) is 11.5 Å². The summed E-state index contributed by atoms with van der Waals surface area (Å²) in [6, 6.07) is 13.7. The molecule has 0 saturated heterocycles. The van der Waals surface area contributed by atoms with E-state index in [2.05, 4.69) is 13.8 Å². The molecule has 0 spiro atoms. The molecule has 0 atom stereocenters. The van der Waals surface area contributed by atoms with Crippen LogP contribution in [0, 0.1) is 0 Å². The van der Waals surface area contributed by atoms with Crippen LogP contribution in [0.15, 0.2) is 42.5 Å². The molecule has 0 unspecified atom stereocenters. The summed E-state index contributed by atoms with van der Waals surface area (Å²) in [7, 11) is 0. The molecular weight excluding hydrogens is 288 g/mol. The Kier molecular flexibility index (Phi) is 6.21. The average molecular weight is 312 g/mol. The lowest BCUT2D eigenvalue weighted by atomic mass is 10.1. The van der Waals surface area contributed by atoms with Gasteiger partial charge in [-0.25, -0.2) is 0 Å². The summed E-state index contributed by atoms with van der Waals surface area (Å²) < 4.78 is 11.1. The van der Waals surface area contributed by atoms with Crippen molar-refractivity contribution in [2.45, 2.75) is 40.0 Å². The van der Waals surface area contributed by atoms with E-state index in [1.807, 2.05) is 49.4 Å². The molecule has 3 heteroatoms. The number of ether oxygens (including phenoxy) is 2. The molecule has 0 N–H and O–H groups in total. The van der Waals surface area contributed by atoms with Crippen molar-refractivity contribution in [1.82, 2.24) is 0 Å². The second-order valence-electron chi connectivity index (χ2n) is 5.39. The minimum atomic E-state index is -0.278. The second kappa shape index (κ2) is 8.37. The Hall–Kier alpha value is -2.29. The molecule has 0 radical (unpaired) electrons. The zero-order valence-corrected chi connectivity index (χ0v) is 14.1. The Morgan fingerprint density at radius 2 is 1.43 bits per heavy atom. The van der Waals surface area contributed by atoms with Gasteiger partial charge in [0, 0.05) is 0 Å². The van der Waals surface area contributed by atoms with Crippen molar-refractivity contribution < 1.29 is 14.3 Å². The van der Waals surface area contributed by atoms with Crippen LogP contribution in [0.3, 0.4) is 0 Å². The smallest absolute Gasteiger partial charge is 0.315 e. The summed E-state index contributed by atoms with van der Waals surface area (Å²) in [4.78, 5) is 12.2. The van der Waals surface area contributed by atoms with E-state index >= 15 is 0 Å². The molecule has 0 saturated carbocycles. The molecule has 3 nitrogen and oxygen atoms in total. The van der Waals surface area contributed by atoms with E-state index in [9.17, 15) is 4.79 Å². The maximum Gasteiger partial charge on any atom is 0.315 e. The van der Waals surface area contributed by atoms with Crippen molar-refractivity contribution in [3.05, 3.63) is 59.2 Å². The van der Waals surface area contributed by atoms with E-state index in [1.165, 1.54) is 5.56 Å². The van der Waals surface area contributed by atoms with E-state index < -0.39 is 0 Å². The van der Waals surface area contributed by atoms with E-state index in [4.69, 9.17) is 9.47 Å². The Balaban J connectivity index is 2.06. The fourth-order valence-electron chi connectivity index (χ4n) is 2.34. The normalized spacial score (nSPS) is 10.4. The van der Waals surface area contributed by atoms with Gasteiger partial charge in [0.25, 0.3) is 0 Å². The molecule has 23 heavy (non-hydrogen) atoms. The first kappa shape index (κ1) is 17.1. The van der Waals surface area contributed by atoms with Crippen LogP contribution in [0.1, 0.15) is 37.5 Å². The summed E-state index contributed by atoms with van der Waals surface area (Å²) in [5, 5.41) is 0. The topological polar surface area (TPSA) is 35.5 Å². The van der Waals surface area contributed by atoms with Crippen LogP contribution >= 0.6 is 0 Å². The largest absolute Gasteiger partial charge is 0.490 e. The van der Waals surface area contributed by atoms with Crippen LogP contribution in [0.2, 0.25) is 0 Å². The highest BCUT2D eigenvalue weighted by Crippen LogP contribution is 2.29. The Bertz CT molecular complexity index is 644. The summed E-state index contributed by atoms with van der Waals surface area (Å²) in [5.41, 5.74) is 3.37. The molecule has 2 rings (SSSR count). The lowest BCUT2D eigenvalue weighted by molar-refractivity contribution is -0.133. The fraction of sp³-hybridized carbons (Fsp3) is 0.350. The van der Waals surface area contributed by atoms with Gasteiger partial charge in [0.1, 0.15) is 0 Å². The zero-order chi connectivity index (χ0) is 16.7. The van der Waals surface area contributed by atoms with Crippen LogP contribution in [0.5, 0.6) is 11.5 Å². The van der Waals surface area contributed by atoms with Crippen LogP contribution in [0.25, 0.3) is 0 Å². The van der Waals surface area contributed by atoms with Gasteiger partial charge >= 0.3 is 5.97 Å². The van der Waals surface area contributed by atoms with E-state index in [1.54, 1.807) is 0 Å². The SMILES string of the molecule is CCOc1cc(CC)ccc1OC(=O)Cc1ccc(CC)cc1. The first-order valence-electron chi connectivity index (χ1n) is 8.20. The first-order chi connectivity index (χ1) is 11.2. The highest BCUT2D eigenvalue weighted by Gasteiger charge is 2.12. The molecule has 0 bridgehead atoms. The van der Waals surface area contributed by atoms with Crippen molar-refractivity contribution in [2.75, 3.05) is 6.61 Å². The number of carbonyl (C=O) groups excluding carboxylic acids is 1. The van der Waals surface area contributed by atoms with Crippen molar-refractivity contribution in [2.24, 2.45) is 0 Å². The molecule has 0 amide bonds. The number of rotatable bonds is 7. The lowest BCUT2D eigenvalue weighted by Crippen LogP contribution is -2.12. The maximum absolute atomic E-state index is 12.2. The van der Waals surface area contributed by atoms with Crippen LogP contribution in [0.4, 0.5) is 0 Å². The minimum Gasteiger partial charge on any atom is -0.490 e. The van der Waals surface area contributed by atoms with Crippen LogP contribution < -0.4 is 9.47 Å². The molecule has 0 fully saturated rings. The number of carbonyl (C=O) groups is 1. The van der Waals surface area contributed by atoms with Crippen LogP contribution in [-0.2, 0) is 24.1 Å². The summed E-state index contributed by atoms with van der Waals surface area (Å²) in [6.45, 7) is 6.64. The predicted molar refractivity (Wildman–Crippen MR) is 92.1 cm³/mol. The Morgan fingerprint density at radius 3 is 2.04 bits per heavy atom. The van der Waals surface area contributed by atoms with Gasteiger partial charge in [-0.05, 0) is 48.6 Å². The van der Waals surface area contributed by atoms with Crippen molar-refractivity contribution in [1.29, 1.82) is 0 Å². The molecule has 0 aliphatic carbocycles. The highest BCUT2D eigenvalue weighted by molar-refractivity contribution is 5.76. The van der Waals surface area contributed by atoms with Crippen molar-refractivity contribution in [3.8, 4) is 11.5 Å². The molecule has 0 aliphatic rings. The van der Waals surface area contributed by atoms with Gasteiger partial charge in [-0.2, -0.15) is 0 Å². The third kappa shape index (κ3) is 4.85. The molecule has 2 aromatic carbocycles. The Labute approximate surface area is 138 Å². The van der Waals surface area contributed by atoms with Gasteiger partial charge in [-0.3, -0.25) is 4.79 Å². The highest BCUT2D eigenvalue weighted by atomic mass is 16.6. The van der Waals surface area contributed by atoms with Gasteiger partial charge in [-0.15, -0.1) is 0 Å². The maximum atomic E-state index is 12.2. The van der Waals surface area contributed by atoms with Gasteiger partial charge < -0.3 is 9.47 Å². The number of benzene rings is 2. The molecule has 2 aromatic rings. The summed E-state index contributed by atoms with van der Waals surface area (Å²) in [6.07, 6.45) is 2.16. The zero-order valence-electron chi connectivity index (χ0n) is 14.1. The van der Waals surface area contributed by atoms with Gasteiger partial charge in [-0.1, -0.05) is 44.2 Å². The Morgan fingerprint density at radius 1 is 0.826 bits per heavy atom. The predicted octanol–water partition coefficient (Wildman–Crippen LogP) is 4.36. The summed E-state index contributed by atoms with van der Waals surface area (Å²) in [5.74, 6) is 0.834. The second-order valence-corrected chi connectivity index (χ2v) is 5.39. The van der Waals surface area contributed by atoms with E-state index in [0.717, 1.165) is 24.0 Å². The molecule has 122 valence electrons. The van der Waals surface area contributed by atoms with Crippen molar-refractivity contribution >= 4 is 5.97 Å². The number of aryl methyl sites for hydroxylation is 2. The molecular formula is C20H24O3. The molecule has 0 aliphatic heterocycles. The first-order valence-corrected chi connectivity index (χ1v) is 8.20. The average Bonchev–Trinajstić information content (AvgIpc) is 2.57. The fourth-order valence-corrected chi connectivity index (χ4v) is 2.34. The summed E-state index contributed by atoms with van der Waals surface area (Å²) >= 11 is 0. The van der Waals surface area contributed by atoms with Crippen LogP contribution in [-0.4, -0.2) is 12.6 Å². The quantitative estimate of drug-likeness (QED) is 0.563. The van der Waals surface area contributed by atoms with Gasteiger partial charge in [0.05, 0.1) is 13.0 Å². The molecule has 0 heterocycles. The number of hydrogen-bond acceptors (Lipinski definition) is 3. The lowest BCUT2D eigenvalue weighted by Gasteiger charge is -2.12. The molecule has 0 aromatic heterocycles. The number of esters is 1. The third-order valence-corrected chi connectivity index (χ3v) is 3.72. The third-order valence-electron chi connectivity index (χ3n) is 3.72. The minimum absolute atomic E-state index is 0.255. The monoisotopic (exact) mass is 312 g/mol. The van der Waals surface area contributed by atoms with E-state index in [0.29, 0.717) is 18.1 Å². The standard InChI is InChI=1S/C20H24O3/c1-4-15-7-9-17(10-8-15)14-20(21)23-18-12-11-16(5-2)13-19(18)22-6-3/h7-13H,4-6,14H2,1-3H3. The van der Waals surface area contributed by atoms with Gasteiger partial charge in [0.2, 0.25) is 0 Å².